The number of hydrogen-bond donors (Lipinski definition) is 1. The van der Waals surface area contributed by atoms with E-state index in [0.29, 0.717) is 11.8 Å². The van der Waals surface area contributed by atoms with Crippen molar-refractivity contribution in [1.82, 2.24) is 0 Å². The number of thiophene rings is 1. The minimum Gasteiger partial charge on any atom is -0.320 e. The van der Waals surface area contributed by atoms with Gasteiger partial charge in [0.1, 0.15) is 0 Å². The Morgan fingerprint density at radius 3 is 2.14 bits per heavy atom. The second kappa shape index (κ2) is 6.64. The molecule has 0 aliphatic heterocycles. The van der Waals surface area contributed by atoms with E-state index in [1.165, 1.54) is 30.9 Å². The summed E-state index contributed by atoms with van der Waals surface area (Å²) in [4.78, 5) is 1.22. The first-order chi connectivity index (χ1) is 9.81. The van der Waals surface area contributed by atoms with E-state index in [4.69, 9.17) is 5.73 Å². The van der Waals surface area contributed by atoms with Gasteiger partial charge in [0.15, 0.2) is 0 Å². The molecular formula is C18H24BrNS. The summed E-state index contributed by atoms with van der Waals surface area (Å²) < 4.78 is 1.18. The van der Waals surface area contributed by atoms with Crippen LogP contribution in [0.2, 0.25) is 0 Å². The number of halogens is 1. The average molecular weight is 366 g/mol. The van der Waals surface area contributed by atoms with Gasteiger partial charge in [0.2, 0.25) is 0 Å². The zero-order chi connectivity index (χ0) is 15.7. The van der Waals surface area contributed by atoms with Gasteiger partial charge < -0.3 is 5.73 Å². The first-order valence-electron chi connectivity index (χ1n) is 7.46. The van der Waals surface area contributed by atoms with Gasteiger partial charge in [0, 0.05) is 4.88 Å². The molecule has 3 heteroatoms. The smallest absolute Gasteiger partial charge is 0.0731 e. The maximum absolute atomic E-state index is 6.55. The fraction of sp³-hybridized carbons (Fsp3) is 0.444. The third-order valence-electron chi connectivity index (χ3n) is 3.92. The Morgan fingerprint density at radius 2 is 1.67 bits per heavy atom. The zero-order valence-electron chi connectivity index (χ0n) is 13.4. The fourth-order valence-corrected chi connectivity index (χ4v) is 4.12. The van der Waals surface area contributed by atoms with Crippen LogP contribution < -0.4 is 5.73 Å². The quantitative estimate of drug-likeness (QED) is 0.694. The molecule has 0 bridgehead atoms. The van der Waals surface area contributed by atoms with Crippen molar-refractivity contribution in [1.29, 1.82) is 0 Å². The van der Waals surface area contributed by atoms with Crippen molar-refractivity contribution in [3.63, 3.8) is 0 Å². The summed E-state index contributed by atoms with van der Waals surface area (Å²) >= 11 is 5.34. The monoisotopic (exact) mass is 365 g/mol. The topological polar surface area (TPSA) is 26.0 Å². The molecule has 0 amide bonds. The highest BCUT2D eigenvalue weighted by molar-refractivity contribution is 9.11. The Balaban J connectivity index is 2.47. The highest BCUT2D eigenvalue weighted by atomic mass is 79.9. The second-order valence-corrected chi connectivity index (χ2v) is 8.68. The Bertz CT molecular complexity index is 609. The molecule has 1 nitrogen and oxygen atoms in total. The molecule has 0 radical (unpaired) electrons. The Labute approximate surface area is 140 Å². The lowest BCUT2D eigenvalue weighted by Gasteiger charge is -2.20. The number of rotatable bonds is 4. The van der Waals surface area contributed by atoms with Crippen molar-refractivity contribution in [3.05, 3.63) is 55.2 Å². The molecule has 21 heavy (non-hydrogen) atoms. The van der Waals surface area contributed by atoms with E-state index < -0.39 is 0 Å². The van der Waals surface area contributed by atoms with Crippen LogP contribution in [0, 0.1) is 6.92 Å². The lowest BCUT2D eigenvalue weighted by atomic mass is 9.88. The SMILES string of the molecule is Cc1cc(C(N)c2ccc(C(C)C)cc2C(C)C)sc1Br. The van der Waals surface area contributed by atoms with Crippen LogP contribution in [-0.4, -0.2) is 0 Å². The molecule has 0 saturated carbocycles. The average Bonchev–Trinajstić information content (AvgIpc) is 2.77. The van der Waals surface area contributed by atoms with Crippen molar-refractivity contribution < 1.29 is 0 Å². The lowest BCUT2D eigenvalue weighted by Crippen LogP contribution is -2.14. The van der Waals surface area contributed by atoms with Gasteiger partial charge in [-0.1, -0.05) is 45.9 Å². The van der Waals surface area contributed by atoms with Crippen molar-refractivity contribution in [2.24, 2.45) is 5.73 Å². The number of aryl methyl sites for hydroxylation is 1. The zero-order valence-corrected chi connectivity index (χ0v) is 15.8. The van der Waals surface area contributed by atoms with E-state index >= 15 is 0 Å². The minimum atomic E-state index is -0.0430. The van der Waals surface area contributed by atoms with E-state index in [2.05, 4.69) is 74.8 Å². The van der Waals surface area contributed by atoms with Crippen molar-refractivity contribution in [3.8, 4) is 0 Å². The summed E-state index contributed by atoms with van der Waals surface area (Å²) in [6.07, 6.45) is 0. The summed E-state index contributed by atoms with van der Waals surface area (Å²) in [7, 11) is 0. The van der Waals surface area contributed by atoms with E-state index in [-0.39, 0.29) is 6.04 Å². The van der Waals surface area contributed by atoms with Gasteiger partial charge in [0.25, 0.3) is 0 Å². The van der Waals surface area contributed by atoms with E-state index in [1.807, 2.05) is 0 Å². The molecule has 1 atom stereocenters. The molecule has 0 saturated heterocycles. The van der Waals surface area contributed by atoms with Gasteiger partial charge in [0.05, 0.1) is 9.83 Å². The van der Waals surface area contributed by atoms with Gasteiger partial charge in [-0.15, -0.1) is 11.3 Å². The predicted octanol–water partition coefficient (Wildman–Crippen LogP) is 6.11. The van der Waals surface area contributed by atoms with Crippen molar-refractivity contribution in [2.45, 2.75) is 52.5 Å². The fourth-order valence-electron chi connectivity index (χ4n) is 2.53. The molecule has 2 aromatic rings. The molecule has 1 heterocycles. The van der Waals surface area contributed by atoms with Gasteiger partial charge in [-0.25, -0.2) is 0 Å². The van der Waals surface area contributed by atoms with Crippen LogP contribution in [0.3, 0.4) is 0 Å². The molecule has 1 aromatic carbocycles. The normalized spacial score (nSPS) is 13.2. The Kier molecular flexibility index (Phi) is 5.29. The summed E-state index contributed by atoms with van der Waals surface area (Å²) in [5, 5.41) is 0. The molecule has 2 N–H and O–H groups in total. The van der Waals surface area contributed by atoms with Gasteiger partial charge in [-0.05, 0) is 63.0 Å². The molecule has 0 aliphatic rings. The highest BCUT2D eigenvalue weighted by Gasteiger charge is 2.18. The third-order valence-corrected chi connectivity index (χ3v) is 6.14. The number of benzene rings is 1. The van der Waals surface area contributed by atoms with Crippen LogP contribution in [0.1, 0.15) is 72.7 Å². The molecule has 0 fully saturated rings. The third kappa shape index (κ3) is 3.58. The molecule has 0 spiro atoms. The molecule has 1 unspecified atom stereocenters. The van der Waals surface area contributed by atoms with Crippen molar-refractivity contribution >= 4 is 27.3 Å². The minimum absolute atomic E-state index is 0.0430. The molecule has 2 rings (SSSR count). The number of hydrogen-bond acceptors (Lipinski definition) is 2. The molecule has 0 aliphatic carbocycles. The van der Waals surface area contributed by atoms with Gasteiger partial charge in [-0.3, -0.25) is 0 Å². The Hall–Kier alpha value is -0.640. The second-order valence-electron chi connectivity index (χ2n) is 6.28. The molecular weight excluding hydrogens is 342 g/mol. The van der Waals surface area contributed by atoms with Gasteiger partial charge in [-0.2, -0.15) is 0 Å². The first-order valence-corrected chi connectivity index (χ1v) is 9.07. The first kappa shape index (κ1) is 16.7. The molecule has 114 valence electrons. The summed E-state index contributed by atoms with van der Waals surface area (Å²) in [5.41, 5.74) is 11.8. The summed E-state index contributed by atoms with van der Waals surface area (Å²) in [6.45, 7) is 11.1. The molecule has 1 aromatic heterocycles. The maximum atomic E-state index is 6.55. The summed E-state index contributed by atoms with van der Waals surface area (Å²) in [5.74, 6) is 1.03. The van der Waals surface area contributed by atoms with Crippen LogP contribution in [-0.2, 0) is 0 Å². The van der Waals surface area contributed by atoms with Crippen LogP contribution >= 0.6 is 27.3 Å². The Morgan fingerprint density at radius 1 is 1.00 bits per heavy atom. The standard InChI is InChI=1S/C18H24BrNS/c1-10(2)13-6-7-14(15(9-13)11(3)4)17(20)16-8-12(5)18(19)21-16/h6-11,17H,20H2,1-5H3. The van der Waals surface area contributed by atoms with E-state index in [1.54, 1.807) is 11.3 Å². The highest BCUT2D eigenvalue weighted by Crippen LogP contribution is 2.36. The number of nitrogens with two attached hydrogens (primary N) is 1. The van der Waals surface area contributed by atoms with Crippen LogP contribution in [0.5, 0.6) is 0 Å². The van der Waals surface area contributed by atoms with E-state index in [0.717, 1.165) is 0 Å². The maximum Gasteiger partial charge on any atom is 0.0731 e. The lowest BCUT2D eigenvalue weighted by molar-refractivity contribution is 0.787. The van der Waals surface area contributed by atoms with Crippen molar-refractivity contribution in [2.75, 3.05) is 0 Å². The van der Waals surface area contributed by atoms with E-state index in [9.17, 15) is 0 Å². The summed E-state index contributed by atoms with van der Waals surface area (Å²) in [6, 6.07) is 8.93. The van der Waals surface area contributed by atoms with Gasteiger partial charge >= 0.3 is 0 Å². The predicted molar refractivity (Wildman–Crippen MR) is 97.4 cm³/mol. The van der Waals surface area contributed by atoms with Crippen LogP contribution in [0.15, 0.2) is 28.1 Å². The van der Waals surface area contributed by atoms with Crippen LogP contribution in [0.25, 0.3) is 0 Å². The van der Waals surface area contributed by atoms with Crippen LogP contribution in [0.4, 0.5) is 0 Å². The largest absolute Gasteiger partial charge is 0.320 e.